The minimum absolute atomic E-state index is 0.0291. The van der Waals surface area contributed by atoms with Gasteiger partial charge < -0.3 is 15.0 Å². The molecule has 1 atom stereocenters. The van der Waals surface area contributed by atoms with Gasteiger partial charge in [0, 0.05) is 36.5 Å². The number of aromatic nitrogens is 2. The van der Waals surface area contributed by atoms with Crippen molar-refractivity contribution in [2.75, 3.05) is 25.1 Å². The van der Waals surface area contributed by atoms with E-state index in [-0.39, 0.29) is 24.2 Å². The van der Waals surface area contributed by atoms with E-state index in [1.54, 1.807) is 6.07 Å². The molecule has 144 valence electrons. The number of amides is 1. The standard InChI is InChI=1S/C20H25FN4O2/c1-13-9-19(23-14(2)22-13)25-8-4-5-17(12-25)24-20(26)11-15-10-16(21)6-7-18(15)27-3/h6-7,9-10,17H,4-5,8,11-12H2,1-3H3,(H,24,26). The molecule has 1 aliphatic heterocycles. The molecule has 2 aromatic rings. The van der Waals surface area contributed by atoms with Crippen LogP contribution in [0.5, 0.6) is 5.75 Å². The van der Waals surface area contributed by atoms with E-state index < -0.39 is 0 Å². The Morgan fingerprint density at radius 3 is 2.89 bits per heavy atom. The van der Waals surface area contributed by atoms with Crippen molar-refractivity contribution < 1.29 is 13.9 Å². The number of nitrogens with zero attached hydrogens (tertiary/aromatic N) is 3. The minimum Gasteiger partial charge on any atom is -0.496 e. The normalized spacial score (nSPS) is 16.9. The lowest BCUT2D eigenvalue weighted by molar-refractivity contribution is -0.121. The van der Waals surface area contributed by atoms with Crippen LogP contribution in [-0.4, -0.2) is 42.1 Å². The minimum atomic E-state index is -0.378. The molecule has 1 fully saturated rings. The number of aryl methyl sites for hydroxylation is 2. The van der Waals surface area contributed by atoms with Gasteiger partial charge in [0.05, 0.1) is 13.5 Å². The Hall–Kier alpha value is -2.70. The van der Waals surface area contributed by atoms with Crippen LogP contribution in [0.4, 0.5) is 10.2 Å². The van der Waals surface area contributed by atoms with Crippen LogP contribution in [0.1, 0.15) is 29.9 Å². The van der Waals surface area contributed by atoms with Gasteiger partial charge in [0.25, 0.3) is 0 Å². The molecule has 1 aliphatic rings. The van der Waals surface area contributed by atoms with Gasteiger partial charge in [-0.15, -0.1) is 0 Å². The fourth-order valence-electron chi connectivity index (χ4n) is 3.50. The van der Waals surface area contributed by atoms with Crippen molar-refractivity contribution in [3.05, 3.63) is 47.2 Å². The number of rotatable bonds is 5. The molecule has 0 radical (unpaired) electrons. The molecule has 27 heavy (non-hydrogen) atoms. The number of hydrogen-bond donors (Lipinski definition) is 1. The first-order chi connectivity index (χ1) is 12.9. The summed E-state index contributed by atoms with van der Waals surface area (Å²) in [7, 11) is 1.51. The van der Waals surface area contributed by atoms with Gasteiger partial charge >= 0.3 is 0 Å². The topological polar surface area (TPSA) is 67.3 Å². The number of halogens is 1. The molecule has 1 aromatic carbocycles. The zero-order valence-electron chi connectivity index (χ0n) is 16.0. The Bertz CT molecular complexity index is 807. The average molecular weight is 372 g/mol. The second kappa shape index (κ2) is 8.33. The van der Waals surface area contributed by atoms with Crippen molar-refractivity contribution in [1.82, 2.24) is 15.3 Å². The number of carbonyl (C=O) groups is 1. The first-order valence-corrected chi connectivity index (χ1v) is 9.13. The van der Waals surface area contributed by atoms with E-state index in [1.165, 1.54) is 19.2 Å². The van der Waals surface area contributed by atoms with Crippen molar-refractivity contribution in [1.29, 1.82) is 0 Å². The highest BCUT2D eigenvalue weighted by Crippen LogP contribution is 2.21. The maximum absolute atomic E-state index is 13.5. The summed E-state index contributed by atoms with van der Waals surface area (Å²) in [4.78, 5) is 23.5. The van der Waals surface area contributed by atoms with Crippen LogP contribution in [0.2, 0.25) is 0 Å². The van der Waals surface area contributed by atoms with E-state index in [0.29, 0.717) is 17.9 Å². The van der Waals surface area contributed by atoms with E-state index in [0.717, 1.165) is 36.7 Å². The molecule has 1 saturated heterocycles. The summed E-state index contributed by atoms with van der Waals surface area (Å²) in [5.41, 5.74) is 1.48. The van der Waals surface area contributed by atoms with E-state index in [1.807, 2.05) is 19.9 Å². The molecule has 7 heteroatoms. The van der Waals surface area contributed by atoms with E-state index in [2.05, 4.69) is 20.2 Å². The van der Waals surface area contributed by atoms with Crippen LogP contribution in [0, 0.1) is 19.7 Å². The number of methoxy groups -OCH3 is 1. The first kappa shape index (κ1) is 19.1. The second-order valence-corrected chi connectivity index (χ2v) is 6.90. The molecule has 2 heterocycles. The summed E-state index contributed by atoms with van der Waals surface area (Å²) < 4.78 is 18.7. The molecule has 1 aromatic heterocycles. The quantitative estimate of drug-likeness (QED) is 0.874. The van der Waals surface area contributed by atoms with Crippen molar-refractivity contribution in [3.8, 4) is 5.75 Å². The zero-order chi connectivity index (χ0) is 19.4. The molecule has 6 nitrogen and oxygen atoms in total. The van der Waals surface area contributed by atoms with Crippen LogP contribution in [0.25, 0.3) is 0 Å². The highest BCUT2D eigenvalue weighted by molar-refractivity contribution is 5.79. The molecule has 1 N–H and O–H groups in total. The second-order valence-electron chi connectivity index (χ2n) is 6.90. The third-order valence-electron chi connectivity index (χ3n) is 4.66. The van der Waals surface area contributed by atoms with E-state index >= 15 is 0 Å². The molecule has 0 spiro atoms. The van der Waals surface area contributed by atoms with Gasteiger partial charge in [0.2, 0.25) is 5.91 Å². The summed E-state index contributed by atoms with van der Waals surface area (Å²) >= 11 is 0. The zero-order valence-corrected chi connectivity index (χ0v) is 16.0. The van der Waals surface area contributed by atoms with Gasteiger partial charge in [0.1, 0.15) is 23.2 Å². The van der Waals surface area contributed by atoms with Crippen molar-refractivity contribution in [2.45, 2.75) is 39.2 Å². The molecule has 1 unspecified atom stereocenters. The van der Waals surface area contributed by atoms with E-state index in [4.69, 9.17) is 4.74 Å². The third-order valence-corrected chi connectivity index (χ3v) is 4.66. The summed E-state index contributed by atoms with van der Waals surface area (Å²) in [5.74, 6) is 1.64. The van der Waals surface area contributed by atoms with Gasteiger partial charge in [-0.1, -0.05) is 0 Å². The highest BCUT2D eigenvalue weighted by Gasteiger charge is 2.23. The Labute approximate surface area is 158 Å². The fourth-order valence-corrected chi connectivity index (χ4v) is 3.50. The fraction of sp³-hybridized carbons (Fsp3) is 0.450. The third kappa shape index (κ3) is 4.93. The summed E-state index contributed by atoms with van der Waals surface area (Å²) in [6.07, 6.45) is 1.96. The Morgan fingerprint density at radius 1 is 1.33 bits per heavy atom. The maximum atomic E-state index is 13.5. The lowest BCUT2D eigenvalue weighted by Gasteiger charge is -2.34. The summed E-state index contributed by atoms with van der Waals surface area (Å²) in [6, 6.07) is 6.21. The number of piperidine rings is 1. The van der Waals surface area contributed by atoms with Gasteiger partial charge in [0.15, 0.2) is 0 Å². The van der Waals surface area contributed by atoms with Crippen LogP contribution in [0.15, 0.2) is 24.3 Å². The van der Waals surface area contributed by atoms with Crippen molar-refractivity contribution >= 4 is 11.7 Å². The maximum Gasteiger partial charge on any atom is 0.224 e. The Morgan fingerprint density at radius 2 is 2.15 bits per heavy atom. The molecule has 0 saturated carbocycles. The number of anilines is 1. The summed E-state index contributed by atoms with van der Waals surface area (Å²) in [6.45, 7) is 5.43. The highest BCUT2D eigenvalue weighted by atomic mass is 19.1. The predicted octanol–water partition coefficient (Wildman–Crippen LogP) is 2.57. The largest absolute Gasteiger partial charge is 0.496 e. The molecule has 0 aliphatic carbocycles. The molecule has 0 bridgehead atoms. The van der Waals surface area contributed by atoms with Crippen LogP contribution < -0.4 is 15.0 Å². The van der Waals surface area contributed by atoms with Crippen molar-refractivity contribution in [3.63, 3.8) is 0 Å². The molecule has 3 rings (SSSR count). The lowest BCUT2D eigenvalue weighted by Crippen LogP contribution is -2.48. The van der Waals surface area contributed by atoms with Crippen LogP contribution >= 0.6 is 0 Å². The van der Waals surface area contributed by atoms with Gasteiger partial charge in [-0.3, -0.25) is 4.79 Å². The number of ether oxygens (including phenoxy) is 1. The molecule has 1 amide bonds. The van der Waals surface area contributed by atoms with Crippen molar-refractivity contribution in [2.24, 2.45) is 0 Å². The number of benzene rings is 1. The Balaban J connectivity index is 1.63. The smallest absolute Gasteiger partial charge is 0.224 e. The molecular formula is C20H25FN4O2. The number of carbonyl (C=O) groups excluding carboxylic acids is 1. The average Bonchev–Trinajstić information content (AvgIpc) is 2.61. The van der Waals surface area contributed by atoms with Gasteiger partial charge in [-0.05, 0) is 44.9 Å². The van der Waals surface area contributed by atoms with Gasteiger partial charge in [-0.2, -0.15) is 0 Å². The lowest BCUT2D eigenvalue weighted by atomic mass is 10.0. The first-order valence-electron chi connectivity index (χ1n) is 9.13. The number of nitrogens with one attached hydrogen (secondary N) is 1. The molecular weight excluding hydrogens is 347 g/mol. The van der Waals surface area contributed by atoms with Gasteiger partial charge in [-0.25, -0.2) is 14.4 Å². The predicted molar refractivity (Wildman–Crippen MR) is 102 cm³/mol. The van der Waals surface area contributed by atoms with E-state index in [9.17, 15) is 9.18 Å². The monoisotopic (exact) mass is 372 g/mol. The van der Waals surface area contributed by atoms with Crippen LogP contribution in [-0.2, 0) is 11.2 Å². The summed E-state index contributed by atoms with van der Waals surface area (Å²) in [5, 5.41) is 3.07. The Kier molecular flexibility index (Phi) is 5.88. The number of hydrogen-bond acceptors (Lipinski definition) is 5. The van der Waals surface area contributed by atoms with Crippen LogP contribution in [0.3, 0.4) is 0 Å². The SMILES string of the molecule is COc1ccc(F)cc1CC(=O)NC1CCCN(c2cc(C)nc(C)n2)C1.